The number of hydrogen-bond donors (Lipinski definition) is 1. The van der Waals surface area contributed by atoms with E-state index in [9.17, 15) is 0 Å². The van der Waals surface area contributed by atoms with E-state index in [0.29, 0.717) is 0 Å². The van der Waals surface area contributed by atoms with E-state index in [2.05, 4.69) is 46.5 Å². The van der Waals surface area contributed by atoms with Crippen LogP contribution in [-0.2, 0) is 6.42 Å². The summed E-state index contributed by atoms with van der Waals surface area (Å²) in [6.07, 6.45) is 1.18. The monoisotopic (exact) mass is 275 g/mol. The minimum atomic E-state index is 0.731. The molecule has 0 amide bonds. The van der Waals surface area contributed by atoms with E-state index in [-0.39, 0.29) is 0 Å². The van der Waals surface area contributed by atoms with Gasteiger partial charge >= 0.3 is 0 Å². The molecule has 0 bridgehead atoms. The number of hydrogen-bond acceptors (Lipinski definition) is 2. The van der Waals surface area contributed by atoms with Gasteiger partial charge in [-0.15, -0.1) is 11.3 Å². The van der Waals surface area contributed by atoms with Crippen LogP contribution in [0, 0.1) is 11.8 Å². The van der Waals surface area contributed by atoms with Crippen molar-refractivity contribution >= 4 is 27.3 Å². The fourth-order valence-corrected chi connectivity index (χ4v) is 3.15. The Morgan fingerprint density at radius 1 is 1.43 bits per heavy atom. The third-order valence-electron chi connectivity index (χ3n) is 2.70. The van der Waals surface area contributed by atoms with Gasteiger partial charge in [0.1, 0.15) is 0 Å². The van der Waals surface area contributed by atoms with Gasteiger partial charge in [0, 0.05) is 9.35 Å². The second-order valence-electron chi connectivity index (χ2n) is 3.91. The average Bonchev–Trinajstić information content (AvgIpc) is 2.52. The molecule has 1 heterocycles. The molecule has 0 spiro atoms. The highest BCUT2D eigenvalue weighted by Crippen LogP contribution is 2.27. The molecule has 0 aliphatic rings. The SMILES string of the molecule is CNCC(C)C(C)Cc1sccc1Br. The van der Waals surface area contributed by atoms with E-state index in [1.165, 1.54) is 15.8 Å². The van der Waals surface area contributed by atoms with E-state index >= 15 is 0 Å². The first-order chi connectivity index (χ1) is 6.65. The number of rotatable bonds is 5. The zero-order valence-corrected chi connectivity index (χ0v) is 11.4. The lowest BCUT2D eigenvalue weighted by Gasteiger charge is -2.18. The van der Waals surface area contributed by atoms with Gasteiger partial charge in [-0.3, -0.25) is 0 Å². The molecule has 3 heteroatoms. The van der Waals surface area contributed by atoms with Gasteiger partial charge in [0.2, 0.25) is 0 Å². The maximum Gasteiger partial charge on any atom is 0.0314 e. The summed E-state index contributed by atoms with van der Waals surface area (Å²) < 4.78 is 1.27. The fraction of sp³-hybridized carbons (Fsp3) is 0.636. The third-order valence-corrected chi connectivity index (χ3v) is 4.64. The second kappa shape index (κ2) is 5.89. The lowest BCUT2D eigenvalue weighted by molar-refractivity contribution is 0.376. The quantitative estimate of drug-likeness (QED) is 0.867. The lowest BCUT2D eigenvalue weighted by Crippen LogP contribution is -2.23. The zero-order chi connectivity index (χ0) is 10.6. The summed E-state index contributed by atoms with van der Waals surface area (Å²) in [5, 5.41) is 5.38. The Morgan fingerprint density at radius 2 is 2.14 bits per heavy atom. The van der Waals surface area contributed by atoms with Crippen LogP contribution in [0.25, 0.3) is 0 Å². The van der Waals surface area contributed by atoms with Gasteiger partial charge in [0.05, 0.1) is 0 Å². The smallest absolute Gasteiger partial charge is 0.0314 e. The van der Waals surface area contributed by atoms with Crippen LogP contribution in [-0.4, -0.2) is 13.6 Å². The van der Waals surface area contributed by atoms with Crippen molar-refractivity contribution in [1.82, 2.24) is 5.32 Å². The molecule has 14 heavy (non-hydrogen) atoms. The Hall–Kier alpha value is 0.140. The molecular weight excluding hydrogens is 258 g/mol. The van der Waals surface area contributed by atoms with Crippen LogP contribution in [0.4, 0.5) is 0 Å². The predicted molar refractivity (Wildman–Crippen MR) is 68.0 cm³/mol. The van der Waals surface area contributed by atoms with E-state index in [1.54, 1.807) is 0 Å². The molecule has 1 aromatic heterocycles. The number of thiophene rings is 1. The van der Waals surface area contributed by atoms with Gasteiger partial charge in [0.25, 0.3) is 0 Å². The van der Waals surface area contributed by atoms with Crippen LogP contribution >= 0.6 is 27.3 Å². The summed E-state index contributed by atoms with van der Waals surface area (Å²) in [7, 11) is 2.02. The summed E-state index contributed by atoms with van der Waals surface area (Å²) in [4.78, 5) is 1.47. The molecule has 1 aromatic rings. The van der Waals surface area contributed by atoms with Crippen molar-refractivity contribution in [2.45, 2.75) is 20.3 Å². The Labute approximate surface area is 99.0 Å². The zero-order valence-electron chi connectivity index (χ0n) is 9.01. The molecule has 0 aliphatic carbocycles. The van der Waals surface area contributed by atoms with Crippen LogP contribution in [0.2, 0.25) is 0 Å². The van der Waals surface area contributed by atoms with E-state index in [0.717, 1.165) is 18.4 Å². The van der Waals surface area contributed by atoms with Crippen LogP contribution in [0.1, 0.15) is 18.7 Å². The molecule has 0 fully saturated rings. The topological polar surface area (TPSA) is 12.0 Å². The lowest BCUT2D eigenvalue weighted by atomic mass is 9.92. The molecule has 0 saturated carbocycles. The normalized spacial score (nSPS) is 15.4. The van der Waals surface area contributed by atoms with Crippen LogP contribution in [0.5, 0.6) is 0 Å². The average molecular weight is 276 g/mol. The Kier molecular flexibility index (Phi) is 5.13. The highest BCUT2D eigenvalue weighted by atomic mass is 79.9. The van der Waals surface area contributed by atoms with Crippen molar-refractivity contribution in [3.05, 3.63) is 20.8 Å². The van der Waals surface area contributed by atoms with Gasteiger partial charge in [-0.2, -0.15) is 0 Å². The van der Waals surface area contributed by atoms with Crippen molar-refractivity contribution in [3.8, 4) is 0 Å². The van der Waals surface area contributed by atoms with Gasteiger partial charge in [-0.05, 0) is 59.2 Å². The molecule has 1 N–H and O–H groups in total. The standard InChI is InChI=1S/C11H18BrNS/c1-8(9(2)7-13-3)6-11-10(12)4-5-14-11/h4-5,8-9,13H,6-7H2,1-3H3. The summed E-state index contributed by atoms with van der Waals surface area (Å²) >= 11 is 5.42. The van der Waals surface area contributed by atoms with Gasteiger partial charge < -0.3 is 5.32 Å². The summed E-state index contributed by atoms with van der Waals surface area (Å²) in [5.74, 6) is 1.46. The number of nitrogens with one attached hydrogen (secondary N) is 1. The van der Waals surface area contributed by atoms with Crippen molar-refractivity contribution in [1.29, 1.82) is 0 Å². The van der Waals surface area contributed by atoms with Crippen molar-refractivity contribution in [2.75, 3.05) is 13.6 Å². The Bertz CT molecular complexity index is 272. The molecule has 80 valence electrons. The van der Waals surface area contributed by atoms with E-state index < -0.39 is 0 Å². The molecule has 2 unspecified atom stereocenters. The minimum absolute atomic E-state index is 0.731. The van der Waals surface area contributed by atoms with Crippen LogP contribution in [0.15, 0.2) is 15.9 Å². The molecule has 0 aromatic carbocycles. The second-order valence-corrected chi connectivity index (χ2v) is 5.76. The van der Waals surface area contributed by atoms with Crippen LogP contribution in [0.3, 0.4) is 0 Å². The number of halogens is 1. The van der Waals surface area contributed by atoms with Gasteiger partial charge in [-0.1, -0.05) is 13.8 Å². The molecule has 2 atom stereocenters. The molecule has 0 radical (unpaired) electrons. The molecule has 1 nitrogen and oxygen atoms in total. The largest absolute Gasteiger partial charge is 0.319 e. The van der Waals surface area contributed by atoms with Crippen molar-refractivity contribution < 1.29 is 0 Å². The Morgan fingerprint density at radius 3 is 2.64 bits per heavy atom. The summed E-state index contributed by atoms with van der Waals surface area (Å²) in [6.45, 7) is 5.74. The molecule has 1 rings (SSSR count). The Balaban J connectivity index is 2.48. The van der Waals surface area contributed by atoms with E-state index in [1.807, 2.05) is 18.4 Å². The first kappa shape index (κ1) is 12.2. The first-order valence-corrected chi connectivity index (χ1v) is 6.69. The highest BCUT2D eigenvalue weighted by molar-refractivity contribution is 9.10. The molecule has 0 saturated heterocycles. The maximum absolute atomic E-state index is 3.58. The third kappa shape index (κ3) is 3.37. The maximum atomic E-state index is 3.58. The van der Waals surface area contributed by atoms with Crippen molar-refractivity contribution in [3.63, 3.8) is 0 Å². The summed E-state index contributed by atoms with van der Waals surface area (Å²) in [6, 6.07) is 2.13. The molecular formula is C11H18BrNS. The van der Waals surface area contributed by atoms with E-state index in [4.69, 9.17) is 0 Å². The van der Waals surface area contributed by atoms with Crippen LogP contribution < -0.4 is 5.32 Å². The predicted octanol–water partition coefficient (Wildman–Crippen LogP) is 3.54. The highest BCUT2D eigenvalue weighted by Gasteiger charge is 2.14. The first-order valence-electron chi connectivity index (χ1n) is 5.01. The molecule has 0 aliphatic heterocycles. The minimum Gasteiger partial charge on any atom is -0.319 e. The fourth-order valence-electron chi connectivity index (χ4n) is 1.49. The van der Waals surface area contributed by atoms with Gasteiger partial charge in [-0.25, -0.2) is 0 Å². The van der Waals surface area contributed by atoms with Gasteiger partial charge in [0.15, 0.2) is 0 Å². The van der Waals surface area contributed by atoms with Crippen molar-refractivity contribution in [2.24, 2.45) is 11.8 Å². The summed E-state index contributed by atoms with van der Waals surface area (Å²) in [5.41, 5.74) is 0.